The molecule has 1 spiro atoms. The van der Waals surface area contributed by atoms with Crippen LogP contribution in [-0.2, 0) is 14.8 Å². The van der Waals surface area contributed by atoms with Crippen LogP contribution in [0, 0.1) is 5.92 Å². The quantitative estimate of drug-likeness (QED) is 0.500. The number of aliphatic carboxylic acids is 1. The van der Waals surface area contributed by atoms with Crippen LogP contribution in [0.2, 0.25) is 5.02 Å². The van der Waals surface area contributed by atoms with Crippen LogP contribution in [0.25, 0.3) is 10.2 Å². The number of nitrogens with zero attached hydrogens (tertiary/aromatic N) is 3. The Balaban J connectivity index is 0.000000405. The van der Waals surface area contributed by atoms with E-state index in [1.165, 1.54) is 17.8 Å². The monoisotopic (exact) mass is 584 g/mol. The Labute approximate surface area is 221 Å². The highest BCUT2D eigenvalue weighted by Gasteiger charge is 2.48. The van der Waals surface area contributed by atoms with Crippen LogP contribution in [0.3, 0.4) is 0 Å². The van der Waals surface area contributed by atoms with Gasteiger partial charge in [-0.1, -0.05) is 29.9 Å². The third kappa shape index (κ3) is 5.83. The lowest BCUT2D eigenvalue weighted by atomic mass is 9.74. The molecule has 1 aromatic heterocycles. The molecule has 1 aliphatic carbocycles. The zero-order valence-electron chi connectivity index (χ0n) is 20.1. The molecule has 0 radical (unpaired) electrons. The number of carboxylic acids is 1. The van der Waals surface area contributed by atoms with Crippen molar-refractivity contribution in [2.45, 2.75) is 61.4 Å². The molecule has 2 aromatic rings. The van der Waals surface area contributed by atoms with Gasteiger partial charge in [-0.3, -0.25) is 4.90 Å². The van der Waals surface area contributed by atoms with E-state index in [0.717, 1.165) is 42.2 Å². The number of benzene rings is 1. The topological polar surface area (TPSA) is 123 Å². The van der Waals surface area contributed by atoms with Crippen molar-refractivity contribution in [3.8, 4) is 0 Å². The predicted molar refractivity (Wildman–Crippen MR) is 134 cm³/mol. The van der Waals surface area contributed by atoms with Gasteiger partial charge in [-0.15, -0.1) is 0 Å². The van der Waals surface area contributed by atoms with Gasteiger partial charge in [-0.05, 0) is 44.9 Å². The fourth-order valence-electron chi connectivity index (χ4n) is 5.10. The standard InChI is InChI=1S/C20H27ClN4O3S2.C2HF3O2/c1-12-9-25(11-16(12)26)19-22-15-6-14(21)18(7-17(15)29-19)30(27,28)23-13-8-20(4-3-5-20)24(2)10-13;3-2(4,5)1(6)7/h6-7,12-13,16,23,26H,3-5,8-11H2,1-2H3;(H,6,7)/t12-,13?,16-;/m1./s1. The number of aliphatic hydroxyl groups excluding tert-OH is 1. The minimum Gasteiger partial charge on any atom is -0.475 e. The number of carboxylic acid groups (broad SMARTS) is 1. The summed E-state index contributed by atoms with van der Waals surface area (Å²) in [6.07, 6.45) is -1.11. The van der Waals surface area contributed by atoms with E-state index >= 15 is 0 Å². The first-order valence-electron chi connectivity index (χ1n) is 11.7. The normalized spacial score (nSPS) is 25.8. The van der Waals surface area contributed by atoms with Gasteiger partial charge in [0.25, 0.3) is 0 Å². The number of hydrogen-bond donors (Lipinski definition) is 3. The molecule has 5 rings (SSSR count). The number of halogens is 4. The molecular weight excluding hydrogens is 557 g/mol. The lowest BCUT2D eigenvalue weighted by Gasteiger charge is -2.44. The van der Waals surface area contributed by atoms with Crippen molar-refractivity contribution in [3.05, 3.63) is 17.2 Å². The Morgan fingerprint density at radius 3 is 2.41 bits per heavy atom. The zero-order chi connectivity index (χ0) is 27.3. The van der Waals surface area contributed by atoms with Crippen molar-refractivity contribution in [3.63, 3.8) is 0 Å². The SMILES string of the molecule is C[C@@H]1CN(c2nc3cc(Cl)c(S(=O)(=O)NC4CN(C)C5(CCC5)C4)cc3s2)C[C@H]1O.O=C(O)C(F)(F)F. The van der Waals surface area contributed by atoms with Gasteiger partial charge < -0.3 is 15.1 Å². The number of carbonyl (C=O) groups is 1. The molecule has 2 aliphatic heterocycles. The number of anilines is 1. The van der Waals surface area contributed by atoms with Gasteiger partial charge in [0.05, 0.1) is 21.3 Å². The van der Waals surface area contributed by atoms with Crippen LogP contribution in [0.1, 0.15) is 32.6 Å². The molecule has 9 nitrogen and oxygen atoms in total. The molecule has 3 atom stereocenters. The number of aliphatic hydroxyl groups is 1. The van der Waals surface area contributed by atoms with Crippen LogP contribution in [0.15, 0.2) is 17.0 Å². The second-order valence-electron chi connectivity index (χ2n) is 9.98. The highest BCUT2D eigenvalue weighted by molar-refractivity contribution is 7.89. The van der Waals surface area contributed by atoms with E-state index in [1.54, 1.807) is 12.1 Å². The van der Waals surface area contributed by atoms with E-state index in [0.29, 0.717) is 12.1 Å². The molecule has 0 bridgehead atoms. The number of rotatable bonds is 4. The Hall–Kier alpha value is -1.71. The van der Waals surface area contributed by atoms with Crippen molar-refractivity contribution in [1.82, 2.24) is 14.6 Å². The van der Waals surface area contributed by atoms with E-state index in [2.05, 4.69) is 21.7 Å². The van der Waals surface area contributed by atoms with Gasteiger partial charge in [0, 0.05) is 37.1 Å². The number of fused-ring (bicyclic) bond motifs is 1. The highest BCUT2D eigenvalue weighted by atomic mass is 35.5. The smallest absolute Gasteiger partial charge is 0.475 e. The second-order valence-corrected chi connectivity index (χ2v) is 13.1. The number of aromatic nitrogens is 1. The van der Waals surface area contributed by atoms with E-state index in [1.807, 2.05) is 11.8 Å². The lowest BCUT2D eigenvalue weighted by molar-refractivity contribution is -0.192. The molecule has 15 heteroatoms. The van der Waals surface area contributed by atoms with E-state index in [4.69, 9.17) is 21.5 Å². The molecule has 3 N–H and O–H groups in total. The van der Waals surface area contributed by atoms with Crippen molar-refractivity contribution < 1.29 is 36.6 Å². The summed E-state index contributed by atoms with van der Waals surface area (Å²) in [5.41, 5.74) is 0.854. The fourth-order valence-corrected chi connectivity index (χ4v) is 7.95. The first-order valence-corrected chi connectivity index (χ1v) is 14.4. The molecule has 1 saturated carbocycles. The first-order chi connectivity index (χ1) is 17.1. The minimum atomic E-state index is -5.08. The Bertz CT molecular complexity index is 1280. The van der Waals surface area contributed by atoms with Crippen LogP contribution in [0.4, 0.5) is 18.3 Å². The van der Waals surface area contributed by atoms with Crippen LogP contribution < -0.4 is 9.62 Å². The fraction of sp³-hybridized carbons (Fsp3) is 0.636. The Morgan fingerprint density at radius 1 is 1.27 bits per heavy atom. The van der Waals surface area contributed by atoms with Crippen LogP contribution in [0.5, 0.6) is 0 Å². The Morgan fingerprint density at radius 2 is 1.92 bits per heavy atom. The van der Waals surface area contributed by atoms with Gasteiger partial charge in [0.2, 0.25) is 10.0 Å². The lowest BCUT2D eigenvalue weighted by Crippen LogP contribution is -2.47. The van der Waals surface area contributed by atoms with Crippen LogP contribution >= 0.6 is 22.9 Å². The van der Waals surface area contributed by atoms with Gasteiger partial charge in [0.1, 0.15) is 4.90 Å². The average molecular weight is 585 g/mol. The molecule has 1 unspecified atom stereocenters. The van der Waals surface area contributed by atoms with Crippen molar-refractivity contribution in [1.29, 1.82) is 0 Å². The van der Waals surface area contributed by atoms with Crippen molar-refractivity contribution in [2.75, 3.05) is 31.6 Å². The summed E-state index contributed by atoms with van der Waals surface area (Å²) >= 11 is 7.83. The number of thiazole rings is 1. The van der Waals surface area contributed by atoms with E-state index in [9.17, 15) is 26.7 Å². The maximum atomic E-state index is 13.2. The number of likely N-dealkylation sites (N-methyl/N-ethyl adjacent to an activating group) is 1. The minimum absolute atomic E-state index is 0.100. The molecule has 3 fully saturated rings. The first kappa shape index (κ1) is 28.3. The third-order valence-electron chi connectivity index (χ3n) is 7.34. The largest absolute Gasteiger partial charge is 0.490 e. The van der Waals surface area contributed by atoms with E-state index in [-0.39, 0.29) is 33.5 Å². The van der Waals surface area contributed by atoms with Crippen molar-refractivity contribution in [2.24, 2.45) is 5.92 Å². The van der Waals surface area contributed by atoms with E-state index < -0.39 is 22.2 Å². The predicted octanol–water partition coefficient (Wildman–Crippen LogP) is 3.31. The molecule has 3 aliphatic rings. The molecule has 206 valence electrons. The van der Waals surface area contributed by atoms with Gasteiger partial charge in [0.15, 0.2) is 5.13 Å². The number of alkyl halides is 3. The van der Waals surface area contributed by atoms with Crippen LogP contribution in [-0.4, -0.2) is 85.0 Å². The number of nitrogens with one attached hydrogen (secondary N) is 1. The molecule has 3 heterocycles. The summed E-state index contributed by atoms with van der Waals surface area (Å²) < 4.78 is 61.7. The maximum Gasteiger partial charge on any atom is 0.490 e. The summed E-state index contributed by atoms with van der Waals surface area (Å²) in [6, 6.07) is 3.17. The van der Waals surface area contributed by atoms with Crippen molar-refractivity contribution >= 4 is 54.3 Å². The van der Waals surface area contributed by atoms with Gasteiger partial charge >= 0.3 is 12.1 Å². The summed E-state index contributed by atoms with van der Waals surface area (Å²) in [5, 5.41) is 18.1. The number of hydrogen-bond acceptors (Lipinski definition) is 8. The summed E-state index contributed by atoms with van der Waals surface area (Å²) in [7, 11) is -1.65. The summed E-state index contributed by atoms with van der Waals surface area (Å²) in [4.78, 5) is 18.0. The van der Waals surface area contributed by atoms with Gasteiger partial charge in [-0.2, -0.15) is 13.2 Å². The summed E-state index contributed by atoms with van der Waals surface area (Å²) in [5.74, 6) is -2.57. The second kappa shape index (κ2) is 10.1. The zero-order valence-corrected chi connectivity index (χ0v) is 22.5. The number of β-amino-alcohol motifs (C(OH)–C–C–N with tert-alkyl or cyclic N) is 1. The molecule has 2 saturated heterocycles. The molecule has 1 aromatic carbocycles. The van der Waals surface area contributed by atoms with Gasteiger partial charge in [-0.25, -0.2) is 22.9 Å². The summed E-state index contributed by atoms with van der Waals surface area (Å²) in [6.45, 7) is 4.01. The Kier molecular flexibility index (Phi) is 7.74. The number of likely N-dealkylation sites (tertiary alicyclic amines) is 1. The molecular formula is C22H28ClF3N4O5S2. The number of sulfonamides is 1. The molecule has 0 amide bonds. The third-order valence-corrected chi connectivity index (χ3v) is 10.4. The maximum absolute atomic E-state index is 13.2. The molecule has 37 heavy (non-hydrogen) atoms. The highest BCUT2D eigenvalue weighted by Crippen LogP contribution is 2.45. The average Bonchev–Trinajstić information content (AvgIpc) is 3.41.